The summed E-state index contributed by atoms with van der Waals surface area (Å²) < 4.78 is 0. The molecule has 0 N–H and O–H groups in total. The summed E-state index contributed by atoms with van der Waals surface area (Å²) in [7, 11) is 0. The second kappa shape index (κ2) is 5.90. The van der Waals surface area contributed by atoms with Crippen molar-refractivity contribution in [2.45, 2.75) is 0 Å². The van der Waals surface area contributed by atoms with Gasteiger partial charge in [0.2, 0.25) is 0 Å². The van der Waals surface area contributed by atoms with Crippen molar-refractivity contribution in [1.29, 1.82) is 0 Å². The van der Waals surface area contributed by atoms with Crippen molar-refractivity contribution in [3.8, 4) is 11.1 Å². The van der Waals surface area contributed by atoms with E-state index in [1.165, 1.54) is 0 Å². The summed E-state index contributed by atoms with van der Waals surface area (Å²) in [4.78, 5) is 16.3. The molecule has 0 fully saturated rings. The van der Waals surface area contributed by atoms with Gasteiger partial charge in [-0.2, -0.15) is 0 Å². The van der Waals surface area contributed by atoms with E-state index in [9.17, 15) is 4.79 Å². The van der Waals surface area contributed by atoms with Crippen LogP contribution in [0.1, 0.15) is 15.9 Å². The van der Waals surface area contributed by atoms with Gasteiger partial charge in [-0.05, 0) is 23.3 Å². The Morgan fingerprint density at radius 2 is 1.48 bits per heavy atom. The third-order valence-corrected chi connectivity index (χ3v) is 3.56. The van der Waals surface area contributed by atoms with Crippen molar-refractivity contribution < 1.29 is 4.79 Å². The topological polar surface area (TPSA) is 30.0 Å². The monoisotopic (exact) mass is 293 g/mol. The molecule has 21 heavy (non-hydrogen) atoms. The molecule has 0 amide bonds. The number of ketones is 1. The van der Waals surface area contributed by atoms with Crippen molar-refractivity contribution in [3.63, 3.8) is 0 Å². The first-order chi connectivity index (χ1) is 10.3. The molecule has 102 valence electrons. The number of rotatable bonds is 3. The van der Waals surface area contributed by atoms with Crippen LogP contribution in [0.5, 0.6) is 0 Å². The van der Waals surface area contributed by atoms with E-state index in [-0.39, 0.29) is 10.9 Å². The summed E-state index contributed by atoms with van der Waals surface area (Å²) >= 11 is 5.96. The molecule has 1 heterocycles. The third kappa shape index (κ3) is 2.86. The van der Waals surface area contributed by atoms with E-state index in [1.54, 1.807) is 18.3 Å². The van der Waals surface area contributed by atoms with E-state index < -0.39 is 0 Å². The molecule has 0 unspecified atom stereocenters. The number of benzene rings is 2. The summed E-state index contributed by atoms with van der Waals surface area (Å²) in [6.07, 6.45) is 1.57. The van der Waals surface area contributed by atoms with E-state index in [2.05, 4.69) is 4.98 Å². The van der Waals surface area contributed by atoms with E-state index in [0.29, 0.717) is 11.1 Å². The van der Waals surface area contributed by atoms with Crippen LogP contribution in [0.25, 0.3) is 11.1 Å². The van der Waals surface area contributed by atoms with Crippen molar-refractivity contribution in [3.05, 3.63) is 89.2 Å². The number of pyridine rings is 1. The summed E-state index contributed by atoms with van der Waals surface area (Å²) in [6.45, 7) is 0. The highest BCUT2D eigenvalue weighted by molar-refractivity contribution is 6.33. The molecule has 3 rings (SSSR count). The molecule has 1 aromatic heterocycles. The average molecular weight is 294 g/mol. The van der Waals surface area contributed by atoms with Crippen molar-refractivity contribution in [2.24, 2.45) is 0 Å². The van der Waals surface area contributed by atoms with Gasteiger partial charge in [0, 0.05) is 11.8 Å². The van der Waals surface area contributed by atoms with Gasteiger partial charge >= 0.3 is 0 Å². The van der Waals surface area contributed by atoms with Gasteiger partial charge in [0.25, 0.3) is 0 Å². The summed E-state index contributed by atoms with van der Waals surface area (Å²) in [5, 5.41) is 0.231. The Hall–Kier alpha value is -2.45. The summed E-state index contributed by atoms with van der Waals surface area (Å²) in [5.41, 5.74) is 3.22. The van der Waals surface area contributed by atoms with Crippen LogP contribution in [0.4, 0.5) is 0 Å². The molecule has 0 spiro atoms. The molecule has 0 aliphatic rings. The van der Waals surface area contributed by atoms with Crippen molar-refractivity contribution in [1.82, 2.24) is 4.98 Å². The van der Waals surface area contributed by atoms with Crippen molar-refractivity contribution in [2.75, 3.05) is 0 Å². The maximum Gasteiger partial charge on any atom is 0.196 e. The van der Waals surface area contributed by atoms with Crippen LogP contribution < -0.4 is 0 Å². The molecule has 0 atom stereocenters. The molecule has 0 aliphatic heterocycles. The van der Waals surface area contributed by atoms with Crippen LogP contribution in [0.15, 0.2) is 72.9 Å². The third-order valence-electron chi connectivity index (χ3n) is 3.26. The zero-order valence-electron chi connectivity index (χ0n) is 11.2. The van der Waals surface area contributed by atoms with E-state index in [0.717, 1.165) is 11.1 Å². The first-order valence-electron chi connectivity index (χ1n) is 6.56. The van der Waals surface area contributed by atoms with Gasteiger partial charge in [0.15, 0.2) is 5.78 Å². The van der Waals surface area contributed by atoms with Crippen LogP contribution in [-0.2, 0) is 0 Å². The lowest BCUT2D eigenvalue weighted by molar-refractivity contribution is 0.103. The van der Waals surface area contributed by atoms with Gasteiger partial charge in [0.1, 0.15) is 5.15 Å². The second-order valence-electron chi connectivity index (χ2n) is 4.61. The molecule has 2 aromatic carbocycles. The highest BCUT2D eigenvalue weighted by Gasteiger charge is 2.13. The minimum Gasteiger partial charge on any atom is -0.288 e. The average Bonchev–Trinajstić information content (AvgIpc) is 2.56. The Labute approximate surface area is 128 Å². The highest BCUT2D eigenvalue weighted by atomic mass is 35.5. The van der Waals surface area contributed by atoms with Gasteiger partial charge < -0.3 is 0 Å². The van der Waals surface area contributed by atoms with Gasteiger partial charge in [-0.25, -0.2) is 4.98 Å². The lowest BCUT2D eigenvalue weighted by atomic mass is 10.0. The minimum atomic E-state index is -0.118. The minimum absolute atomic E-state index is 0.118. The fourth-order valence-corrected chi connectivity index (χ4v) is 2.36. The lowest BCUT2D eigenvalue weighted by Gasteiger charge is -2.05. The number of carbonyl (C=O) groups is 1. The molecular formula is C18H12ClNO. The number of carbonyl (C=O) groups excluding carboxylic acids is 1. The number of hydrogen-bond acceptors (Lipinski definition) is 2. The van der Waals surface area contributed by atoms with Gasteiger partial charge in [0.05, 0.1) is 5.56 Å². The van der Waals surface area contributed by atoms with Crippen molar-refractivity contribution >= 4 is 17.4 Å². The molecule has 3 aromatic rings. The van der Waals surface area contributed by atoms with Crippen LogP contribution >= 0.6 is 11.6 Å². The zero-order chi connectivity index (χ0) is 14.7. The van der Waals surface area contributed by atoms with Crippen LogP contribution in [0.3, 0.4) is 0 Å². The zero-order valence-corrected chi connectivity index (χ0v) is 11.9. The fraction of sp³-hybridized carbons (Fsp3) is 0. The van der Waals surface area contributed by atoms with Gasteiger partial charge in [-0.15, -0.1) is 0 Å². The van der Waals surface area contributed by atoms with E-state index in [4.69, 9.17) is 11.6 Å². The summed E-state index contributed by atoms with van der Waals surface area (Å²) in [6, 6.07) is 20.9. The fourth-order valence-electron chi connectivity index (χ4n) is 2.16. The molecular weight excluding hydrogens is 282 g/mol. The predicted octanol–water partition coefficient (Wildman–Crippen LogP) is 4.63. The Kier molecular flexibility index (Phi) is 3.80. The van der Waals surface area contributed by atoms with Crippen LogP contribution in [0.2, 0.25) is 5.15 Å². The van der Waals surface area contributed by atoms with E-state index >= 15 is 0 Å². The molecule has 0 saturated carbocycles. The number of aromatic nitrogens is 1. The molecule has 0 aliphatic carbocycles. The molecule has 0 saturated heterocycles. The largest absolute Gasteiger partial charge is 0.288 e. The Morgan fingerprint density at radius 3 is 2.14 bits per heavy atom. The predicted molar refractivity (Wildman–Crippen MR) is 84.6 cm³/mol. The second-order valence-corrected chi connectivity index (χ2v) is 4.97. The Balaban J connectivity index is 1.91. The summed E-state index contributed by atoms with van der Waals surface area (Å²) in [5.74, 6) is -0.118. The first-order valence-corrected chi connectivity index (χ1v) is 6.94. The Morgan fingerprint density at radius 1 is 0.810 bits per heavy atom. The smallest absolute Gasteiger partial charge is 0.196 e. The maximum atomic E-state index is 12.4. The number of nitrogens with zero attached hydrogens (tertiary/aromatic N) is 1. The molecule has 0 radical (unpaired) electrons. The van der Waals surface area contributed by atoms with Gasteiger partial charge in [-0.3, -0.25) is 4.79 Å². The van der Waals surface area contributed by atoms with E-state index in [1.807, 2.05) is 54.6 Å². The Bertz CT molecular complexity index is 767. The SMILES string of the molecule is O=C(c1ccc(-c2ccccc2)cc1)c1cccnc1Cl. The standard InChI is InChI=1S/C18H12ClNO/c19-18-16(7-4-12-20-18)17(21)15-10-8-14(9-11-15)13-5-2-1-3-6-13/h1-12H. The molecule has 3 heteroatoms. The molecule has 2 nitrogen and oxygen atoms in total. The number of hydrogen-bond donors (Lipinski definition) is 0. The normalized spacial score (nSPS) is 10.3. The first kappa shape index (κ1) is 13.5. The number of halogens is 1. The van der Waals surface area contributed by atoms with Gasteiger partial charge in [-0.1, -0.05) is 66.2 Å². The molecule has 0 bridgehead atoms. The quantitative estimate of drug-likeness (QED) is 0.520. The highest BCUT2D eigenvalue weighted by Crippen LogP contribution is 2.22. The maximum absolute atomic E-state index is 12.4. The van der Waals surface area contributed by atoms with Crippen LogP contribution in [0, 0.1) is 0 Å². The van der Waals surface area contributed by atoms with Crippen LogP contribution in [-0.4, -0.2) is 10.8 Å². The lowest BCUT2D eigenvalue weighted by Crippen LogP contribution is -2.02.